The van der Waals surface area contributed by atoms with E-state index in [1.807, 2.05) is 63.2 Å². The molecular weight excluding hydrogens is 300 g/mol. The first-order valence-corrected chi connectivity index (χ1v) is 8.20. The molecule has 0 aliphatic carbocycles. The number of nitrogens with one attached hydrogen (secondary N) is 1. The number of carbonyl (C=O) groups is 2. The van der Waals surface area contributed by atoms with E-state index in [4.69, 9.17) is 0 Å². The Morgan fingerprint density at radius 1 is 1.08 bits per heavy atom. The van der Waals surface area contributed by atoms with E-state index in [9.17, 15) is 9.59 Å². The lowest BCUT2D eigenvalue weighted by molar-refractivity contribution is -0.122. The summed E-state index contributed by atoms with van der Waals surface area (Å²) < 4.78 is 0. The highest BCUT2D eigenvalue weighted by atomic mass is 16.2. The van der Waals surface area contributed by atoms with Crippen molar-refractivity contribution in [2.24, 2.45) is 5.92 Å². The average Bonchev–Trinajstić information content (AvgIpc) is 2.94. The standard InChI is InChI=1S/C20H22N2O2/c1-13-8-9-15(3)18(10-13)22-12-16(11-19(22)23)20(24)21-17-7-5-4-6-14(17)2/h4-10,16H,11-12H2,1-3H3,(H,21,24)/t16-/m0/s1. The van der Waals surface area contributed by atoms with Crippen molar-refractivity contribution in [1.29, 1.82) is 0 Å². The van der Waals surface area contributed by atoms with Crippen LogP contribution in [0.3, 0.4) is 0 Å². The van der Waals surface area contributed by atoms with E-state index >= 15 is 0 Å². The Labute approximate surface area is 142 Å². The maximum Gasteiger partial charge on any atom is 0.229 e. The summed E-state index contributed by atoms with van der Waals surface area (Å²) in [6, 6.07) is 13.7. The van der Waals surface area contributed by atoms with Crippen molar-refractivity contribution in [3.05, 3.63) is 59.2 Å². The smallest absolute Gasteiger partial charge is 0.229 e. The fourth-order valence-electron chi connectivity index (χ4n) is 3.07. The van der Waals surface area contributed by atoms with Crippen molar-refractivity contribution in [3.8, 4) is 0 Å². The Kier molecular flexibility index (Phi) is 4.38. The quantitative estimate of drug-likeness (QED) is 0.938. The largest absolute Gasteiger partial charge is 0.326 e. The third-order valence-corrected chi connectivity index (χ3v) is 4.55. The van der Waals surface area contributed by atoms with Crippen LogP contribution in [0.1, 0.15) is 23.1 Å². The summed E-state index contributed by atoms with van der Waals surface area (Å²) in [6.07, 6.45) is 0.255. The predicted octanol–water partition coefficient (Wildman–Crippen LogP) is 3.60. The molecule has 1 aliphatic rings. The predicted molar refractivity (Wildman–Crippen MR) is 96.2 cm³/mol. The number of rotatable bonds is 3. The molecule has 1 heterocycles. The van der Waals surface area contributed by atoms with Crippen LogP contribution in [-0.4, -0.2) is 18.4 Å². The number of nitrogens with zero attached hydrogens (tertiary/aromatic N) is 1. The summed E-state index contributed by atoms with van der Waals surface area (Å²) in [5, 5.41) is 2.95. The summed E-state index contributed by atoms with van der Waals surface area (Å²) in [5.41, 5.74) is 4.89. The van der Waals surface area contributed by atoms with E-state index in [0.29, 0.717) is 6.54 Å². The van der Waals surface area contributed by atoms with Gasteiger partial charge >= 0.3 is 0 Å². The van der Waals surface area contributed by atoms with Crippen molar-refractivity contribution in [3.63, 3.8) is 0 Å². The summed E-state index contributed by atoms with van der Waals surface area (Å²) in [5.74, 6) is -0.406. The van der Waals surface area contributed by atoms with E-state index in [0.717, 1.165) is 28.1 Å². The lowest BCUT2D eigenvalue weighted by atomic mass is 10.1. The fraction of sp³-hybridized carbons (Fsp3) is 0.300. The lowest BCUT2D eigenvalue weighted by Crippen LogP contribution is -2.28. The van der Waals surface area contributed by atoms with Gasteiger partial charge in [0.05, 0.1) is 5.92 Å². The molecule has 0 spiro atoms. The van der Waals surface area contributed by atoms with Crippen molar-refractivity contribution >= 4 is 23.2 Å². The maximum atomic E-state index is 12.6. The van der Waals surface area contributed by atoms with Gasteiger partial charge in [-0.25, -0.2) is 0 Å². The number of aryl methyl sites for hydroxylation is 3. The number of hydrogen-bond donors (Lipinski definition) is 1. The Hall–Kier alpha value is -2.62. The van der Waals surface area contributed by atoms with Gasteiger partial charge in [0.1, 0.15) is 0 Å². The Morgan fingerprint density at radius 2 is 1.83 bits per heavy atom. The molecule has 1 atom stereocenters. The van der Waals surface area contributed by atoms with Crippen LogP contribution < -0.4 is 10.2 Å². The van der Waals surface area contributed by atoms with Gasteiger partial charge in [0.2, 0.25) is 11.8 Å². The van der Waals surface area contributed by atoms with Gasteiger partial charge < -0.3 is 10.2 Å². The molecule has 0 radical (unpaired) electrons. The number of para-hydroxylation sites is 1. The minimum Gasteiger partial charge on any atom is -0.326 e. The van der Waals surface area contributed by atoms with Crippen LogP contribution in [0.5, 0.6) is 0 Å². The molecule has 124 valence electrons. The molecule has 0 aromatic heterocycles. The van der Waals surface area contributed by atoms with Gasteiger partial charge in [-0.15, -0.1) is 0 Å². The van der Waals surface area contributed by atoms with Crippen LogP contribution in [0.2, 0.25) is 0 Å². The minimum atomic E-state index is -0.322. The molecule has 2 amide bonds. The topological polar surface area (TPSA) is 49.4 Å². The van der Waals surface area contributed by atoms with E-state index in [-0.39, 0.29) is 24.2 Å². The lowest BCUT2D eigenvalue weighted by Gasteiger charge is -2.20. The number of benzene rings is 2. The monoisotopic (exact) mass is 322 g/mol. The van der Waals surface area contributed by atoms with Crippen molar-refractivity contribution in [2.45, 2.75) is 27.2 Å². The Bertz CT molecular complexity index is 798. The van der Waals surface area contributed by atoms with Crippen molar-refractivity contribution < 1.29 is 9.59 Å². The zero-order valence-corrected chi connectivity index (χ0v) is 14.3. The molecule has 0 saturated carbocycles. The second-order valence-electron chi connectivity index (χ2n) is 6.50. The number of anilines is 2. The molecule has 4 nitrogen and oxygen atoms in total. The van der Waals surface area contributed by atoms with Crippen molar-refractivity contribution in [2.75, 3.05) is 16.8 Å². The molecule has 1 N–H and O–H groups in total. The van der Waals surface area contributed by atoms with Crippen LogP contribution in [-0.2, 0) is 9.59 Å². The van der Waals surface area contributed by atoms with Crippen molar-refractivity contribution in [1.82, 2.24) is 0 Å². The Balaban J connectivity index is 1.76. The third-order valence-electron chi connectivity index (χ3n) is 4.55. The first-order chi connectivity index (χ1) is 11.5. The number of amides is 2. The second kappa shape index (κ2) is 6.48. The van der Waals surface area contributed by atoms with E-state index in [1.165, 1.54) is 0 Å². The molecule has 1 saturated heterocycles. The van der Waals surface area contributed by atoms with Gasteiger partial charge in [-0.1, -0.05) is 30.3 Å². The van der Waals surface area contributed by atoms with Gasteiger partial charge in [0, 0.05) is 24.3 Å². The maximum absolute atomic E-state index is 12.6. The molecule has 0 unspecified atom stereocenters. The molecule has 4 heteroatoms. The van der Waals surface area contributed by atoms with Crippen LogP contribution in [0, 0.1) is 26.7 Å². The third kappa shape index (κ3) is 3.18. The molecule has 24 heavy (non-hydrogen) atoms. The molecule has 1 aliphatic heterocycles. The first kappa shape index (κ1) is 16.2. The second-order valence-corrected chi connectivity index (χ2v) is 6.50. The first-order valence-electron chi connectivity index (χ1n) is 8.20. The fourth-order valence-corrected chi connectivity index (χ4v) is 3.07. The van der Waals surface area contributed by atoms with Crippen LogP contribution in [0.4, 0.5) is 11.4 Å². The molecular formula is C20H22N2O2. The summed E-state index contributed by atoms with van der Waals surface area (Å²) in [6.45, 7) is 6.38. The molecule has 0 bridgehead atoms. The normalized spacial score (nSPS) is 17.2. The van der Waals surface area contributed by atoms with E-state index in [2.05, 4.69) is 5.32 Å². The highest BCUT2D eigenvalue weighted by molar-refractivity contribution is 6.04. The highest BCUT2D eigenvalue weighted by Gasteiger charge is 2.35. The molecule has 2 aromatic carbocycles. The summed E-state index contributed by atoms with van der Waals surface area (Å²) in [4.78, 5) is 26.7. The zero-order chi connectivity index (χ0) is 17.3. The molecule has 2 aromatic rings. The van der Waals surface area contributed by atoms with Crippen LogP contribution >= 0.6 is 0 Å². The highest BCUT2D eigenvalue weighted by Crippen LogP contribution is 2.29. The van der Waals surface area contributed by atoms with Crippen LogP contribution in [0.15, 0.2) is 42.5 Å². The number of carbonyl (C=O) groups excluding carboxylic acids is 2. The summed E-state index contributed by atoms with van der Waals surface area (Å²) >= 11 is 0. The average molecular weight is 322 g/mol. The molecule has 1 fully saturated rings. The summed E-state index contributed by atoms with van der Waals surface area (Å²) in [7, 11) is 0. The SMILES string of the molecule is Cc1ccc(C)c(N2C[C@@H](C(=O)Nc3ccccc3C)CC2=O)c1. The Morgan fingerprint density at radius 3 is 2.58 bits per heavy atom. The molecule has 3 rings (SSSR count). The zero-order valence-electron chi connectivity index (χ0n) is 14.3. The van der Waals surface area contributed by atoms with Gasteiger partial charge in [0.15, 0.2) is 0 Å². The van der Waals surface area contributed by atoms with Crippen LogP contribution in [0.25, 0.3) is 0 Å². The van der Waals surface area contributed by atoms with E-state index in [1.54, 1.807) is 4.90 Å². The minimum absolute atomic E-state index is 0.00799. The van der Waals surface area contributed by atoms with Gasteiger partial charge in [-0.05, 0) is 49.6 Å². The van der Waals surface area contributed by atoms with Gasteiger partial charge in [-0.3, -0.25) is 9.59 Å². The van der Waals surface area contributed by atoms with Gasteiger partial charge in [-0.2, -0.15) is 0 Å². The van der Waals surface area contributed by atoms with Gasteiger partial charge in [0.25, 0.3) is 0 Å². The number of hydrogen-bond acceptors (Lipinski definition) is 2. The van der Waals surface area contributed by atoms with E-state index < -0.39 is 0 Å².